The maximum atomic E-state index is 12.8. The van der Waals surface area contributed by atoms with E-state index in [1.165, 1.54) is 18.1 Å². The molecule has 0 saturated carbocycles. The molecular formula is C21H21N5O2S. The molecule has 0 bridgehead atoms. The summed E-state index contributed by atoms with van der Waals surface area (Å²) in [6.45, 7) is 1.68. The van der Waals surface area contributed by atoms with Gasteiger partial charge in [0.05, 0.1) is 17.0 Å². The van der Waals surface area contributed by atoms with Crippen molar-refractivity contribution in [2.75, 3.05) is 24.2 Å². The summed E-state index contributed by atoms with van der Waals surface area (Å²) >= 11 is 1.41. The van der Waals surface area contributed by atoms with Gasteiger partial charge in [0, 0.05) is 23.7 Å². The van der Waals surface area contributed by atoms with Crippen molar-refractivity contribution in [2.45, 2.75) is 17.7 Å². The highest BCUT2D eigenvalue weighted by molar-refractivity contribution is 8.00. The second-order valence-corrected chi connectivity index (χ2v) is 7.73. The van der Waals surface area contributed by atoms with Gasteiger partial charge >= 0.3 is 0 Å². The molecule has 1 saturated heterocycles. The molecule has 3 aromatic rings. The second kappa shape index (κ2) is 8.91. The minimum atomic E-state index is -0.199. The van der Waals surface area contributed by atoms with E-state index in [1.807, 2.05) is 47.4 Å². The predicted molar refractivity (Wildman–Crippen MR) is 112 cm³/mol. The number of nitrogens with zero attached hydrogens (tertiary/aromatic N) is 4. The molecule has 2 heterocycles. The van der Waals surface area contributed by atoms with Crippen LogP contribution in [0.5, 0.6) is 0 Å². The molecule has 0 spiro atoms. The minimum absolute atomic E-state index is 0.131. The lowest BCUT2D eigenvalue weighted by Gasteiger charge is -2.15. The van der Waals surface area contributed by atoms with E-state index in [2.05, 4.69) is 15.4 Å². The molecule has 148 valence electrons. The third-order valence-electron chi connectivity index (χ3n) is 4.75. The first-order chi connectivity index (χ1) is 14.2. The summed E-state index contributed by atoms with van der Waals surface area (Å²) in [4.78, 5) is 31.7. The van der Waals surface area contributed by atoms with Gasteiger partial charge < -0.3 is 10.2 Å². The average molecular weight is 407 g/mol. The van der Waals surface area contributed by atoms with E-state index in [1.54, 1.807) is 17.1 Å². The Morgan fingerprint density at radius 2 is 1.79 bits per heavy atom. The first-order valence-electron chi connectivity index (χ1n) is 9.47. The number of benzene rings is 2. The number of hydrogen-bond acceptors (Lipinski definition) is 5. The number of carbonyl (C=O) groups excluding carboxylic acids is 2. The van der Waals surface area contributed by atoms with Crippen LogP contribution in [0.15, 0.2) is 66.1 Å². The van der Waals surface area contributed by atoms with Crippen LogP contribution in [-0.4, -0.2) is 50.3 Å². The van der Waals surface area contributed by atoms with Gasteiger partial charge in [0.25, 0.3) is 5.91 Å². The zero-order valence-corrected chi connectivity index (χ0v) is 16.6. The fraction of sp³-hybridized carbons (Fsp3) is 0.238. The van der Waals surface area contributed by atoms with Gasteiger partial charge in [-0.2, -0.15) is 5.10 Å². The number of anilines is 1. The highest BCUT2D eigenvalue weighted by Crippen LogP contribution is 2.25. The smallest absolute Gasteiger partial charge is 0.256 e. The van der Waals surface area contributed by atoms with Crippen LogP contribution in [0, 0.1) is 0 Å². The summed E-state index contributed by atoms with van der Waals surface area (Å²) in [7, 11) is 0. The molecule has 2 amide bonds. The first-order valence-corrected chi connectivity index (χ1v) is 10.5. The molecule has 2 aromatic carbocycles. The van der Waals surface area contributed by atoms with Crippen molar-refractivity contribution in [3.8, 4) is 5.69 Å². The zero-order valence-electron chi connectivity index (χ0n) is 15.8. The lowest BCUT2D eigenvalue weighted by Crippen LogP contribution is -2.29. The van der Waals surface area contributed by atoms with Gasteiger partial charge in [-0.25, -0.2) is 9.67 Å². The topological polar surface area (TPSA) is 80.1 Å². The van der Waals surface area contributed by atoms with E-state index in [0.29, 0.717) is 17.0 Å². The average Bonchev–Trinajstić information content (AvgIpc) is 3.47. The van der Waals surface area contributed by atoms with Gasteiger partial charge in [0.15, 0.2) is 0 Å². The largest absolute Gasteiger partial charge is 0.342 e. The van der Waals surface area contributed by atoms with Crippen LogP contribution in [0.25, 0.3) is 5.69 Å². The molecule has 29 heavy (non-hydrogen) atoms. The number of nitrogens with one attached hydrogen (secondary N) is 1. The van der Waals surface area contributed by atoms with Crippen LogP contribution in [0.4, 0.5) is 5.69 Å². The lowest BCUT2D eigenvalue weighted by atomic mass is 10.2. The molecule has 0 unspecified atom stereocenters. The van der Waals surface area contributed by atoms with Gasteiger partial charge in [0.1, 0.15) is 12.7 Å². The van der Waals surface area contributed by atoms with Crippen LogP contribution in [0.1, 0.15) is 23.2 Å². The van der Waals surface area contributed by atoms with Gasteiger partial charge in [0.2, 0.25) is 5.91 Å². The Bertz CT molecular complexity index is 983. The molecule has 0 aliphatic carbocycles. The fourth-order valence-electron chi connectivity index (χ4n) is 3.21. The molecule has 1 N–H and O–H groups in total. The van der Waals surface area contributed by atoms with E-state index in [0.717, 1.165) is 36.5 Å². The third-order valence-corrected chi connectivity index (χ3v) is 5.81. The standard InChI is InChI=1S/C21H21N5O2S/c27-20(25-11-3-4-12-25)13-29-19-6-2-1-5-18(19)21(28)24-16-7-9-17(10-8-16)26-15-22-14-23-26/h1-2,5-10,14-15H,3-4,11-13H2,(H,24,28). The summed E-state index contributed by atoms with van der Waals surface area (Å²) in [5.74, 6) is 0.276. The number of carbonyl (C=O) groups is 2. The number of rotatable bonds is 6. The van der Waals surface area contributed by atoms with Crippen LogP contribution in [0.2, 0.25) is 0 Å². The molecule has 1 aliphatic rings. The quantitative estimate of drug-likeness (QED) is 0.635. The van der Waals surface area contributed by atoms with E-state index < -0.39 is 0 Å². The Balaban J connectivity index is 1.41. The van der Waals surface area contributed by atoms with Crippen LogP contribution < -0.4 is 5.32 Å². The molecule has 7 nitrogen and oxygen atoms in total. The third kappa shape index (κ3) is 4.65. The Morgan fingerprint density at radius 3 is 2.52 bits per heavy atom. The van der Waals surface area contributed by atoms with E-state index in [4.69, 9.17) is 0 Å². The first kappa shape index (κ1) is 19.2. The molecule has 1 fully saturated rings. The maximum absolute atomic E-state index is 12.8. The zero-order chi connectivity index (χ0) is 20.1. The summed E-state index contributed by atoms with van der Waals surface area (Å²) < 4.78 is 1.65. The van der Waals surface area contributed by atoms with Crippen molar-refractivity contribution < 1.29 is 9.59 Å². The molecule has 1 aliphatic heterocycles. The molecule has 8 heteroatoms. The van der Waals surface area contributed by atoms with E-state index in [9.17, 15) is 9.59 Å². The van der Waals surface area contributed by atoms with Crippen molar-refractivity contribution >= 4 is 29.3 Å². The summed E-state index contributed by atoms with van der Waals surface area (Å²) in [6, 6.07) is 14.7. The van der Waals surface area contributed by atoms with Crippen LogP contribution in [0.3, 0.4) is 0 Å². The van der Waals surface area contributed by atoms with E-state index in [-0.39, 0.29) is 11.8 Å². The van der Waals surface area contributed by atoms with Crippen molar-refractivity contribution in [1.29, 1.82) is 0 Å². The highest BCUT2D eigenvalue weighted by Gasteiger charge is 2.19. The monoisotopic (exact) mass is 407 g/mol. The minimum Gasteiger partial charge on any atom is -0.342 e. The molecule has 1 aromatic heterocycles. The molecule has 0 radical (unpaired) electrons. The maximum Gasteiger partial charge on any atom is 0.256 e. The fourth-order valence-corrected chi connectivity index (χ4v) is 4.17. The number of hydrogen-bond donors (Lipinski definition) is 1. The number of thioether (sulfide) groups is 1. The normalized spacial score (nSPS) is 13.4. The molecule has 4 rings (SSSR count). The number of likely N-dealkylation sites (tertiary alicyclic amines) is 1. The van der Waals surface area contributed by atoms with Crippen molar-refractivity contribution in [1.82, 2.24) is 19.7 Å². The van der Waals surface area contributed by atoms with E-state index >= 15 is 0 Å². The van der Waals surface area contributed by atoms with Crippen molar-refractivity contribution in [3.05, 3.63) is 66.7 Å². The van der Waals surface area contributed by atoms with Gasteiger partial charge in [-0.05, 0) is 49.2 Å². The number of aromatic nitrogens is 3. The molecular weight excluding hydrogens is 386 g/mol. The van der Waals surface area contributed by atoms with Gasteiger partial charge in [-0.3, -0.25) is 9.59 Å². The van der Waals surface area contributed by atoms with Gasteiger partial charge in [-0.15, -0.1) is 11.8 Å². The Hall–Kier alpha value is -3.13. The number of amides is 2. The van der Waals surface area contributed by atoms with Crippen LogP contribution in [-0.2, 0) is 4.79 Å². The summed E-state index contributed by atoms with van der Waals surface area (Å²) in [5, 5.41) is 7.00. The predicted octanol–water partition coefficient (Wildman–Crippen LogP) is 3.23. The summed E-state index contributed by atoms with van der Waals surface area (Å²) in [6.07, 6.45) is 5.24. The van der Waals surface area contributed by atoms with Gasteiger partial charge in [-0.1, -0.05) is 12.1 Å². The SMILES string of the molecule is O=C(Nc1ccc(-n2cncn2)cc1)c1ccccc1SCC(=O)N1CCCC1. The second-order valence-electron chi connectivity index (χ2n) is 6.71. The van der Waals surface area contributed by atoms with Crippen LogP contribution >= 0.6 is 11.8 Å². The Kier molecular flexibility index (Phi) is 5.90. The Morgan fingerprint density at radius 1 is 1.03 bits per heavy atom. The summed E-state index contributed by atoms with van der Waals surface area (Å²) in [5.41, 5.74) is 2.11. The molecule has 0 atom stereocenters. The highest BCUT2D eigenvalue weighted by atomic mass is 32.2. The lowest BCUT2D eigenvalue weighted by molar-refractivity contribution is -0.127. The van der Waals surface area contributed by atoms with Crippen molar-refractivity contribution in [3.63, 3.8) is 0 Å². The van der Waals surface area contributed by atoms with Crippen molar-refractivity contribution in [2.24, 2.45) is 0 Å². The Labute approximate surface area is 173 Å².